The summed E-state index contributed by atoms with van der Waals surface area (Å²) in [5.41, 5.74) is 5.54. The van der Waals surface area contributed by atoms with Gasteiger partial charge in [0.05, 0.1) is 17.6 Å². The molecule has 3 aliphatic rings. The van der Waals surface area contributed by atoms with Gasteiger partial charge in [-0.05, 0) is 58.8 Å². The van der Waals surface area contributed by atoms with Crippen molar-refractivity contribution in [3.63, 3.8) is 0 Å². The van der Waals surface area contributed by atoms with Gasteiger partial charge in [-0.15, -0.1) is 0 Å². The molecule has 0 radical (unpaired) electrons. The Morgan fingerprint density at radius 1 is 1.32 bits per heavy atom. The zero-order valence-electron chi connectivity index (χ0n) is 22.1. The van der Waals surface area contributed by atoms with Crippen LogP contribution >= 0.6 is 0 Å². The van der Waals surface area contributed by atoms with Gasteiger partial charge in [0.15, 0.2) is 12.2 Å². The molecular formula is C27H36N2O9. The molecular weight excluding hydrogens is 496 g/mol. The number of likely N-dealkylation sites (tertiary alicyclic amines) is 1. The van der Waals surface area contributed by atoms with Crippen LogP contribution in [-0.4, -0.2) is 81.6 Å². The van der Waals surface area contributed by atoms with Gasteiger partial charge in [0.25, 0.3) is 0 Å². The van der Waals surface area contributed by atoms with Crippen LogP contribution in [0, 0.1) is 6.92 Å². The lowest BCUT2D eigenvalue weighted by molar-refractivity contribution is -0.171. The van der Waals surface area contributed by atoms with Crippen molar-refractivity contribution in [3.05, 3.63) is 40.7 Å². The number of hydrogen-bond acceptors (Lipinski definition) is 10. The first-order valence-corrected chi connectivity index (χ1v) is 12.8. The Kier molecular flexibility index (Phi) is 7.59. The van der Waals surface area contributed by atoms with E-state index >= 15 is 0 Å². The van der Waals surface area contributed by atoms with Gasteiger partial charge < -0.3 is 40.2 Å². The summed E-state index contributed by atoms with van der Waals surface area (Å²) in [5.74, 6) is -2.12. The summed E-state index contributed by atoms with van der Waals surface area (Å²) in [6.07, 6.45) is -0.118. The standard InChI is InChI=1S/C27H36N2O9/c1-14-5-6-17(13-30)22-21(14)26-11-12-29(4)16(3)27(26,35)10-9-19(23(26)38-22)37-25(34)15(2)36-20(31)8-7-18(28)24(32)33/h5-6,9,15-16,18,23,30,35H,7-8,10-13,28H2,1-4H3,(H,32,33)/t15-,16+,18-,23-,26-,27+/m0/s1. The quantitative estimate of drug-likeness (QED) is 0.351. The average Bonchev–Trinajstić information content (AvgIpc) is 3.24. The molecule has 0 unspecified atom stereocenters. The van der Waals surface area contributed by atoms with Gasteiger partial charge in [-0.25, -0.2) is 4.79 Å². The van der Waals surface area contributed by atoms with E-state index in [-0.39, 0.29) is 37.7 Å². The van der Waals surface area contributed by atoms with Crippen LogP contribution in [0.5, 0.6) is 5.75 Å². The number of carbonyl (C=O) groups excluding carboxylic acids is 2. The summed E-state index contributed by atoms with van der Waals surface area (Å²) >= 11 is 0. The highest BCUT2D eigenvalue weighted by Gasteiger charge is 2.69. The molecule has 2 heterocycles. The molecule has 0 saturated carbocycles. The topological polar surface area (TPSA) is 169 Å². The van der Waals surface area contributed by atoms with E-state index in [2.05, 4.69) is 4.90 Å². The minimum absolute atomic E-state index is 0.129. The number of aliphatic carboxylic acids is 1. The third-order valence-corrected chi connectivity index (χ3v) is 8.44. The van der Waals surface area contributed by atoms with E-state index in [1.54, 1.807) is 12.1 Å². The molecule has 1 aromatic carbocycles. The summed E-state index contributed by atoms with van der Waals surface area (Å²) in [5, 5.41) is 31.1. The van der Waals surface area contributed by atoms with Crippen molar-refractivity contribution in [3.8, 4) is 5.75 Å². The fraction of sp³-hybridized carbons (Fsp3) is 0.593. The van der Waals surface area contributed by atoms with Crippen molar-refractivity contribution in [2.75, 3.05) is 13.6 Å². The lowest BCUT2D eigenvalue weighted by atomic mass is 9.54. The Morgan fingerprint density at radius 3 is 2.68 bits per heavy atom. The Morgan fingerprint density at radius 2 is 2.03 bits per heavy atom. The molecule has 0 bridgehead atoms. The average molecular weight is 533 g/mol. The third-order valence-electron chi connectivity index (χ3n) is 8.44. The predicted octanol–water partition coefficient (Wildman–Crippen LogP) is 0.896. The van der Waals surface area contributed by atoms with E-state index in [0.717, 1.165) is 11.1 Å². The number of carboxylic acids is 1. The summed E-state index contributed by atoms with van der Waals surface area (Å²) in [6, 6.07) is 2.23. The second-order valence-corrected chi connectivity index (χ2v) is 10.6. The molecule has 2 aliphatic heterocycles. The summed E-state index contributed by atoms with van der Waals surface area (Å²) in [7, 11) is 1.96. The molecule has 1 spiro atoms. The number of esters is 2. The van der Waals surface area contributed by atoms with Gasteiger partial charge in [-0.1, -0.05) is 12.1 Å². The van der Waals surface area contributed by atoms with E-state index < -0.39 is 47.2 Å². The number of likely N-dealkylation sites (N-methyl/N-ethyl adjacent to an activating group) is 1. The first-order valence-electron chi connectivity index (χ1n) is 12.8. The molecule has 6 atom stereocenters. The fourth-order valence-electron chi connectivity index (χ4n) is 6.10. The van der Waals surface area contributed by atoms with Crippen molar-refractivity contribution < 1.29 is 43.9 Å². The van der Waals surface area contributed by atoms with Crippen LogP contribution in [0.1, 0.15) is 56.2 Å². The number of aliphatic hydroxyl groups is 2. The van der Waals surface area contributed by atoms with E-state index in [4.69, 9.17) is 25.1 Å². The molecule has 11 nitrogen and oxygen atoms in total. The van der Waals surface area contributed by atoms with Gasteiger partial charge >= 0.3 is 17.9 Å². The molecule has 0 amide bonds. The maximum atomic E-state index is 13.0. The second-order valence-electron chi connectivity index (χ2n) is 10.6. The highest BCUT2D eigenvalue weighted by Crippen LogP contribution is 2.61. The number of rotatable bonds is 8. The van der Waals surface area contributed by atoms with Crippen LogP contribution in [-0.2, 0) is 35.9 Å². The van der Waals surface area contributed by atoms with Crippen LogP contribution in [0.2, 0.25) is 0 Å². The summed E-state index contributed by atoms with van der Waals surface area (Å²) < 4.78 is 17.3. The van der Waals surface area contributed by atoms with Crippen LogP contribution in [0.4, 0.5) is 0 Å². The maximum Gasteiger partial charge on any atom is 0.352 e. The number of hydrogen-bond donors (Lipinski definition) is 4. The summed E-state index contributed by atoms with van der Waals surface area (Å²) in [4.78, 5) is 38.1. The van der Waals surface area contributed by atoms with Crippen molar-refractivity contribution in [1.29, 1.82) is 0 Å². The molecule has 5 N–H and O–H groups in total. The lowest BCUT2D eigenvalue weighted by Gasteiger charge is -2.58. The molecule has 1 fully saturated rings. The van der Waals surface area contributed by atoms with Crippen LogP contribution in [0.3, 0.4) is 0 Å². The number of carbonyl (C=O) groups is 3. The highest BCUT2D eigenvalue weighted by atomic mass is 16.6. The number of carboxylic acid groups (broad SMARTS) is 1. The summed E-state index contributed by atoms with van der Waals surface area (Å²) in [6.45, 7) is 5.67. The Labute approximate surface area is 221 Å². The zero-order valence-corrected chi connectivity index (χ0v) is 22.1. The first kappa shape index (κ1) is 28.0. The number of benzene rings is 1. The van der Waals surface area contributed by atoms with Crippen molar-refractivity contribution in [2.24, 2.45) is 5.73 Å². The normalized spacial score (nSPS) is 29.6. The number of piperidine rings is 1. The van der Waals surface area contributed by atoms with Crippen molar-refractivity contribution in [1.82, 2.24) is 4.90 Å². The van der Waals surface area contributed by atoms with Gasteiger partial charge in [0, 0.05) is 30.0 Å². The van der Waals surface area contributed by atoms with Gasteiger partial charge in [0.1, 0.15) is 17.6 Å². The van der Waals surface area contributed by atoms with Gasteiger partial charge in [-0.2, -0.15) is 0 Å². The van der Waals surface area contributed by atoms with Gasteiger partial charge in [-0.3, -0.25) is 9.59 Å². The van der Waals surface area contributed by atoms with Crippen molar-refractivity contribution in [2.45, 2.75) is 88.4 Å². The fourth-order valence-corrected chi connectivity index (χ4v) is 6.10. The number of nitrogens with zero attached hydrogens (tertiary/aromatic N) is 1. The molecule has 208 valence electrons. The number of fused-ring (bicyclic) bond motifs is 1. The number of aliphatic hydroxyl groups excluding tert-OH is 1. The minimum atomic E-state index is -1.27. The Balaban J connectivity index is 1.61. The maximum absolute atomic E-state index is 13.0. The molecule has 0 aromatic heterocycles. The number of aryl methyl sites for hydroxylation is 1. The minimum Gasteiger partial charge on any atom is -0.481 e. The molecule has 38 heavy (non-hydrogen) atoms. The first-order chi connectivity index (χ1) is 17.9. The van der Waals surface area contributed by atoms with E-state index in [1.807, 2.05) is 27.0 Å². The third kappa shape index (κ3) is 4.37. The number of ether oxygens (including phenoxy) is 3. The largest absolute Gasteiger partial charge is 0.481 e. The SMILES string of the molecule is Cc1ccc(CO)c2c1[C@]13CCN(C)[C@H](C)[C@]1(O)CC=C(OC(=O)[C@H](C)OC(=O)CC[C@H](N)C(=O)O)[C@@H]3O2. The molecule has 4 rings (SSSR count). The highest BCUT2D eigenvalue weighted by molar-refractivity contribution is 5.80. The Bertz CT molecular complexity index is 1170. The van der Waals surface area contributed by atoms with E-state index in [1.165, 1.54) is 6.92 Å². The Hall–Kier alpha value is -2.99. The van der Waals surface area contributed by atoms with Crippen LogP contribution < -0.4 is 10.5 Å². The molecule has 1 aromatic rings. The zero-order chi connectivity index (χ0) is 28.0. The molecule has 1 saturated heterocycles. The second kappa shape index (κ2) is 10.3. The molecule has 11 heteroatoms. The predicted molar refractivity (Wildman–Crippen MR) is 134 cm³/mol. The lowest BCUT2D eigenvalue weighted by Crippen LogP contribution is -2.71. The van der Waals surface area contributed by atoms with Crippen LogP contribution in [0.25, 0.3) is 0 Å². The van der Waals surface area contributed by atoms with Crippen LogP contribution in [0.15, 0.2) is 24.0 Å². The van der Waals surface area contributed by atoms with Crippen molar-refractivity contribution >= 4 is 17.9 Å². The van der Waals surface area contributed by atoms with Gasteiger partial charge in [0.2, 0.25) is 0 Å². The molecule has 1 aliphatic carbocycles. The monoisotopic (exact) mass is 532 g/mol. The van der Waals surface area contributed by atoms with E-state index in [0.29, 0.717) is 24.3 Å². The number of nitrogens with two attached hydrogens (primary N) is 1. The van der Waals surface area contributed by atoms with E-state index in [9.17, 15) is 24.6 Å². The smallest absolute Gasteiger partial charge is 0.352 e.